The maximum atomic E-state index is 5.52. The Bertz CT molecular complexity index is 473. The quantitative estimate of drug-likeness (QED) is 0.796. The number of rotatable bonds is 1. The van der Waals surface area contributed by atoms with Crippen LogP contribution in [0.3, 0.4) is 0 Å². The number of benzene rings is 1. The van der Waals surface area contributed by atoms with Gasteiger partial charge >= 0.3 is 0 Å². The van der Waals surface area contributed by atoms with E-state index in [4.69, 9.17) is 4.74 Å². The van der Waals surface area contributed by atoms with Crippen molar-refractivity contribution in [2.24, 2.45) is 0 Å². The minimum Gasteiger partial charge on any atom is -0.384 e. The molecule has 0 aromatic heterocycles. The molecule has 2 aliphatic heterocycles. The Morgan fingerprint density at radius 3 is 2.88 bits per heavy atom. The number of hydrogen-bond donors (Lipinski definition) is 1. The molecule has 1 aromatic rings. The zero-order chi connectivity index (χ0) is 11.7. The van der Waals surface area contributed by atoms with Crippen molar-refractivity contribution in [1.82, 2.24) is 5.32 Å². The Morgan fingerprint density at radius 1 is 1.24 bits per heavy atom. The molecule has 1 N–H and O–H groups in total. The summed E-state index contributed by atoms with van der Waals surface area (Å²) in [5.41, 5.74) is 5.56. The first kappa shape index (κ1) is 10.6. The molecule has 3 rings (SSSR count). The highest BCUT2D eigenvalue weighted by molar-refractivity contribution is 5.77. The van der Waals surface area contributed by atoms with Gasteiger partial charge < -0.3 is 10.1 Å². The van der Waals surface area contributed by atoms with Gasteiger partial charge in [0, 0.05) is 12.2 Å². The Kier molecular flexibility index (Phi) is 2.73. The fourth-order valence-electron chi connectivity index (χ4n) is 2.65. The Hall–Kier alpha value is -1.54. The molecular weight excluding hydrogens is 210 g/mol. The number of nitrogens with one attached hydrogen (secondary N) is 1. The summed E-state index contributed by atoms with van der Waals surface area (Å²) >= 11 is 0. The minimum absolute atomic E-state index is 0.384. The standard InChI is InChI=1S/C15H17NO/c1-11-15(12-5-3-2-4-6-12)14-7-8-17-10-13(14)9-16-11/h2-6,9,11,16H,7-8,10H2,1H3. The molecule has 2 nitrogen and oxygen atoms in total. The van der Waals surface area contributed by atoms with Crippen LogP contribution in [0.25, 0.3) is 5.57 Å². The topological polar surface area (TPSA) is 21.3 Å². The summed E-state index contributed by atoms with van der Waals surface area (Å²) in [5, 5.41) is 3.43. The summed E-state index contributed by atoms with van der Waals surface area (Å²) in [5.74, 6) is 0. The van der Waals surface area contributed by atoms with Crippen molar-refractivity contribution >= 4 is 5.57 Å². The van der Waals surface area contributed by atoms with Crippen molar-refractivity contribution < 1.29 is 4.74 Å². The maximum Gasteiger partial charge on any atom is 0.0733 e. The lowest BCUT2D eigenvalue weighted by Crippen LogP contribution is -2.30. The van der Waals surface area contributed by atoms with Crippen molar-refractivity contribution in [3.05, 3.63) is 53.2 Å². The third-order valence-electron chi connectivity index (χ3n) is 3.49. The summed E-state index contributed by atoms with van der Waals surface area (Å²) in [6.07, 6.45) is 3.15. The second-order valence-electron chi connectivity index (χ2n) is 4.62. The van der Waals surface area contributed by atoms with Gasteiger partial charge in [0.15, 0.2) is 0 Å². The first-order valence-corrected chi connectivity index (χ1v) is 6.18. The molecule has 1 unspecified atom stereocenters. The minimum atomic E-state index is 0.384. The molecule has 0 amide bonds. The van der Waals surface area contributed by atoms with E-state index in [1.807, 2.05) is 0 Å². The normalized spacial score (nSPS) is 23.8. The number of ether oxygens (including phenoxy) is 1. The third kappa shape index (κ3) is 1.89. The van der Waals surface area contributed by atoms with E-state index in [1.54, 1.807) is 0 Å². The van der Waals surface area contributed by atoms with Crippen LogP contribution in [0.5, 0.6) is 0 Å². The van der Waals surface area contributed by atoms with E-state index in [-0.39, 0.29) is 0 Å². The number of hydrogen-bond acceptors (Lipinski definition) is 2. The van der Waals surface area contributed by atoms with Crippen molar-refractivity contribution in [3.8, 4) is 0 Å². The van der Waals surface area contributed by atoms with Gasteiger partial charge in [0.05, 0.1) is 13.2 Å². The molecule has 2 aliphatic rings. The molecule has 0 spiro atoms. The van der Waals surface area contributed by atoms with E-state index < -0.39 is 0 Å². The van der Waals surface area contributed by atoms with Crippen LogP contribution >= 0.6 is 0 Å². The lowest BCUT2D eigenvalue weighted by Gasteiger charge is -2.31. The SMILES string of the molecule is CC1NC=C2COCCC2=C1c1ccccc1. The van der Waals surface area contributed by atoms with Gasteiger partial charge in [-0.25, -0.2) is 0 Å². The zero-order valence-electron chi connectivity index (χ0n) is 10.1. The molecule has 1 saturated heterocycles. The molecule has 0 radical (unpaired) electrons. The van der Waals surface area contributed by atoms with E-state index in [2.05, 4.69) is 48.8 Å². The van der Waals surface area contributed by atoms with E-state index in [9.17, 15) is 0 Å². The maximum absolute atomic E-state index is 5.52. The molecule has 1 aromatic carbocycles. The molecule has 1 fully saturated rings. The second kappa shape index (κ2) is 4.38. The van der Waals surface area contributed by atoms with Crippen LogP contribution in [0.4, 0.5) is 0 Å². The summed E-state index contributed by atoms with van der Waals surface area (Å²) in [6, 6.07) is 11.0. The van der Waals surface area contributed by atoms with E-state index in [0.29, 0.717) is 6.04 Å². The van der Waals surface area contributed by atoms with Gasteiger partial charge in [-0.3, -0.25) is 0 Å². The van der Waals surface area contributed by atoms with Gasteiger partial charge in [0.25, 0.3) is 0 Å². The average Bonchev–Trinajstić information content (AvgIpc) is 2.39. The average molecular weight is 227 g/mol. The summed E-state index contributed by atoms with van der Waals surface area (Å²) in [6.45, 7) is 3.80. The third-order valence-corrected chi connectivity index (χ3v) is 3.49. The van der Waals surface area contributed by atoms with Crippen molar-refractivity contribution in [3.63, 3.8) is 0 Å². The van der Waals surface area contributed by atoms with Crippen molar-refractivity contribution in [2.45, 2.75) is 19.4 Å². The molecule has 2 heteroatoms. The summed E-state index contributed by atoms with van der Waals surface area (Å²) in [7, 11) is 0. The van der Waals surface area contributed by atoms with Crippen LogP contribution in [0.1, 0.15) is 18.9 Å². The smallest absolute Gasteiger partial charge is 0.0733 e. The number of fused-ring (bicyclic) bond motifs is 1. The molecule has 0 aliphatic carbocycles. The zero-order valence-corrected chi connectivity index (χ0v) is 10.1. The predicted molar refractivity (Wildman–Crippen MR) is 69.5 cm³/mol. The molecular formula is C15H17NO. The molecule has 2 heterocycles. The van der Waals surface area contributed by atoms with Crippen LogP contribution < -0.4 is 5.32 Å². The second-order valence-corrected chi connectivity index (χ2v) is 4.62. The lowest BCUT2D eigenvalue weighted by atomic mass is 9.86. The Morgan fingerprint density at radius 2 is 2.06 bits per heavy atom. The van der Waals surface area contributed by atoms with Crippen molar-refractivity contribution in [1.29, 1.82) is 0 Å². The Labute approximate surface area is 102 Å². The fourth-order valence-corrected chi connectivity index (χ4v) is 2.65. The highest BCUT2D eigenvalue weighted by Gasteiger charge is 2.24. The van der Waals surface area contributed by atoms with Crippen LogP contribution in [0.2, 0.25) is 0 Å². The van der Waals surface area contributed by atoms with Crippen LogP contribution in [-0.4, -0.2) is 19.3 Å². The van der Waals surface area contributed by atoms with Gasteiger partial charge in [0.1, 0.15) is 0 Å². The van der Waals surface area contributed by atoms with Gasteiger partial charge in [-0.2, -0.15) is 0 Å². The van der Waals surface area contributed by atoms with Crippen LogP contribution in [-0.2, 0) is 4.74 Å². The van der Waals surface area contributed by atoms with Crippen LogP contribution in [0.15, 0.2) is 47.7 Å². The van der Waals surface area contributed by atoms with Crippen LogP contribution in [0, 0.1) is 0 Å². The molecule has 1 atom stereocenters. The summed E-state index contributed by atoms with van der Waals surface area (Å²) in [4.78, 5) is 0. The predicted octanol–water partition coefficient (Wildman–Crippen LogP) is 2.74. The Balaban J connectivity index is 2.10. The van der Waals surface area contributed by atoms with Gasteiger partial charge in [-0.1, -0.05) is 30.3 Å². The fraction of sp³-hybridized carbons (Fsp3) is 0.333. The molecule has 0 saturated carbocycles. The van der Waals surface area contributed by atoms with E-state index in [0.717, 1.165) is 19.6 Å². The number of dihydropyridines is 1. The first-order valence-electron chi connectivity index (χ1n) is 6.18. The largest absolute Gasteiger partial charge is 0.384 e. The lowest BCUT2D eigenvalue weighted by molar-refractivity contribution is 0.145. The van der Waals surface area contributed by atoms with E-state index in [1.165, 1.54) is 22.3 Å². The monoisotopic (exact) mass is 227 g/mol. The summed E-state index contributed by atoms with van der Waals surface area (Å²) < 4.78 is 5.52. The molecule has 0 bridgehead atoms. The molecule has 17 heavy (non-hydrogen) atoms. The van der Waals surface area contributed by atoms with Gasteiger partial charge in [-0.15, -0.1) is 0 Å². The van der Waals surface area contributed by atoms with Crippen molar-refractivity contribution in [2.75, 3.05) is 13.2 Å². The van der Waals surface area contributed by atoms with E-state index >= 15 is 0 Å². The molecule has 88 valence electrons. The van der Waals surface area contributed by atoms with Gasteiger partial charge in [-0.05, 0) is 35.6 Å². The van der Waals surface area contributed by atoms with Gasteiger partial charge in [0.2, 0.25) is 0 Å². The first-order chi connectivity index (χ1) is 8.36. The highest BCUT2D eigenvalue weighted by atomic mass is 16.5. The highest BCUT2D eigenvalue weighted by Crippen LogP contribution is 2.33.